The van der Waals surface area contributed by atoms with Crippen molar-refractivity contribution in [2.24, 2.45) is 0 Å². The van der Waals surface area contributed by atoms with Gasteiger partial charge in [-0.05, 0) is 48.0 Å². The van der Waals surface area contributed by atoms with Gasteiger partial charge < -0.3 is 14.9 Å². The molecule has 2 N–H and O–H groups in total. The second kappa shape index (κ2) is 7.90. The van der Waals surface area contributed by atoms with Crippen LogP contribution in [-0.4, -0.2) is 32.1 Å². The zero-order valence-corrected chi connectivity index (χ0v) is 15.7. The lowest BCUT2D eigenvalue weighted by Crippen LogP contribution is -1.99. The Kier molecular flexibility index (Phi) is 4.99. The van der Waals surface area contributed by atoms with E-state index in [1.54, 1.807) is 47.2 Å². The van der Waals surface area contributed by atoms with Crippen molar-refractivity contribution < 1.29 is 14.9 Å². The number of para-hydroxylation sites is 2. The van der Waals surface area contributed by atoms with Gasteiger partial charge in [-0.2, -0.15) is 0 Å². The summed E-state index contributed by atoms with van der Waals surface area (Å²) >= 11 is 0. The Balaban J connectivity index is 1.77. The van der Waals surface area contributed by atoms with Crippen LogP contribution >= 0.6 is 0 Å². The predicted molar refractivity (Wildman–Crippen MR) is 112 cm³/mol. The molecule has 1 heterocycles. The van der Waals surface area contributed by atoms with Crippen LogP contribution in [0.5, 0.6) is 17.2 Å². The lowest BCUT2D eigenvalue weighted by molar-refractivity contribution is 0.373. The molecular formula is C23H19N3O3. The lowest BCUT2D eigenvalue weighted by atomic mass is 10.2. The van der Waals surface area contributed by atoms with Gasteiger partial charge in [0.05, 0.1) is 18.4 Å². The summed E-state index contributed by atoms with van der Waals surface area (Å²) in [4.78, 5) is 4.62. The van der Waals surface area contributed by atoms with E-state index in [9.17, 15) is 10.2 Å². The number of hydrogen-bond donors (Lipinski definition) is 2. The molecule has 4 aromatic rings. The monoisotopic (exact) mass is 385 g/mol. The molecule has 0 atom stereocenters. The van der Waals surface area contributed by atoms with E-state index in [0.717, 1.165) is 11.3 Å². The minimum absolute atomic E-state index is 0.0815. The average Bonchev–Trinajstić information content (AvgIpc) is 3.18. The smallest absolute Gasteiger partial charge is 0.175 e. The topological polar surface area (TPSA) is 80.4 Å². The van der Waals surface area contributed by atoms with E-state index in [1.165, 1.54) is 7.11 Å². The van der Waals surface area contributed by atoms with Crippen LogP contribution in [-0.2, 0) is 0 Å². The Labute approximate surface area is 168 Å². The number of rotatable bonds is 5. The third-order valence-electron chi connectivity index (χ3n) is 4.40. The van der Waals surface area contributed by atoms with Crippen LogP contribution < -0.4 is 4.74 Å². The normalized spacial score (nSPS) is 11.1. The number of hydrogen-bond acceptors (Lipinski definition) is 5. The predicted octanol–water partition coefficient (Wildman–Crippen LogP) is 4.52. The molecule has 3 aromatic carbocycles. The summed E-state index contributed by atoms with van der Waals surface area (Å²) in [5.41, 5.74) is 2.26. The minimum atomic E-state index is 0.0815. The van der Waals surface area contributed by atoms with E-state index in [2.05, 4.69) is 10.1 Å². The van der Waals surface area contributed by atoms with Crippen LogP contribution in [0.15, 0.2) is 72.8 Å². The molecule has 0 radical (unpaired) electrons. The van der Waals surface area contributed by atoms with Gasteiger partial charge in [0.25, 0.3) is 0 Å². The Morgan fingerprint density at radius 2 is 1.62 bits per heavy atom. The van der Waals surface area contributed by atoms with Crippen LogP contribution in [0.4, 0.5) is 0 Å². The van der Waals surface area contributed by atoms with Crippen molar-refractivity contribution in [2.75, 3.05) is 7.11 Å². The van der Waals surface area contributed by atoms with Gasteiger partial charge in [-0.1, -0.05) is 42.5 Å². The Bertz CT molecular complexity index is 1170. The molecule has 144 valence electrons. The fourth-order valence-electron chi connectivity index (χ4n) is 2.95. The van der Waals surface area contributed by atoms with Gasteiger partial charge in [0.1, 0.15) is 5.75 Å². The first-order chi connectivity index (χ1) is 14.2. The first-order valence-electron chi connectivity index (χ1n) is 9.01. The maximum absolute atomic E-state index is 10.3. The first kappa shape index (κ1) is 18.3. The molecule has 0 saturated carbocycles. The molecule has 29 heavy (non-hydrogen) atoms. The Morgan fingerprint density at radius 3 is 2.38 bits per heavy atom. The molecule has 0 saturated heterocycles. The van der Waals surface area contributed by atoms with E-state index in [-0.39, 0.29) is 11.5 Å². The maximum Gasteiger partial charge on any atom is 0.175 e. The minimum Gasteiger partial charge on any atom is -0.507 e. The number of benzene rings is 3. The van der Waals surface area contributed by atoms with Crippen LogP contribution in [0.1, 0.15) is 11.4 Å². The quantitative estimate of drug-likeness (QED) is 0.528. The summed E-state index contributed by atoms with van der Waals surface area (Å²) < 4.78 is 6.84. The Hall–Kier alpha value is -4.06. The molecule has 6 nitrogen and oxygen atoms in total. The number of nitrogens with zero attached hydrogens (tertiary/aromatic N) is 3. The largest absolute Gasteiger partial charge is 0.507 e. The van der Waals surface area contributed by atoms with Crippen molar-refractivity contribution in [1.82, 2.24) is 14.8 Å². The average molecular weight is 385 g/mol. The van der Waals surface area contributed by atoms with Crippen LogP contribution in [0.25, 0.3) is 29.2 Å². The highest BCUT2D eigenvalue weighted by molar-refractivity contribution is 5.71. The molecule has 0 bridgehead atoms. The lowest BCUT2D eigenvalue weighted by Gasteiger charge is -2.06. The molecule has 0 amide bonds. The van der Waals surface area contributed by atoms with Gasteiger partial charge in [0, 0.05) is 0 Å². The molecular weight excluding hydrogens is 366 g/mol. The van der Waals surface area contributed by atoms with Gasteiger partial charge in [-0.3, -0.25) is 0 Å². The van der Waals surface area contributed by atoms with Crippen LogP contribution in [0.2, 0.25) is 0 Å². The number of phenolic OH excluding ortho intramolecular Hbond substituents is 2. The van der Waals surface area contributed by atoms with Crippen LogP contribution in [0, 0.1) is 0 Å². The molecule has 0 aliphatic carbocycles. The molecule has 1 aromatic heterocycles. The van der Waals surface area contributed by atoms with E-state index < -0.39 is 0 Å². The maximum atomic E-state index is 10.3. The van der Waals surface area contributed by atoms with Crippen LogP contribution in [0.3, 0.4) is 0 Å². The molecule has 0 spiro atoms. The number of methoxy groups -OCH3 is 1. The summed E-state index contributed by atoms with van der Waals surface area (Å²) in [7, 11) is 1.50. The van der Waals surface area contributed by atoms with Gasteiger partial charge in [0.2, 0.25) is 0 Å². The fraction of sp³-hybridized carbons (Fsp3) is 0.0435. The second-order valence-corrected chi connectivity index (χ2v) is 6.32. The highest BCUT2D eigenvalue weighted by Crippen LogP contribution is 2.30. The molecule has 0 fully saturated rings. The van der Waals surface area contributed by atoms with Gasteiger partial charge in [-0.15, -0.1) is 5.10 Å². The highest BCUT2D eigenvalue weighted by Gasteiger charge is 2.15. The summed E-state index contributed by atoms with van der Waals surface area (Å²) in [6.45, 7) is 0. The van der Waals surface area contributed by atoms with Crippen molar-refractivity contribution in [2.45, 2.75) is 0 Å². The van der Waals surface area contributed by atoms with Crippen molar-refractivity contribution in [3.8, 4) is 34.3 Å². The molecule has 4 rings (SSSR count). The third kappa shape index (κ3) is 3.82. The number of aromatic nitrogens is 3. The molecule has 0 aliphatic rings. The second-order valence-electron chi connectivity index (χ2n) is 6.32. The molecule has 0 unspecified atom stereocenters. The van der Waals surface area contributed by atoms with Crippen molar-refractivity contribution >= 4 is 12.2 Å². The zero-order chi connectivity index (χ0) is 20.2. The zero-order valence-electron chi connectivity index (χ0n) is 15.7. The van der Waals surface area contributed by atoms with Crippen molar-refractivity contribution in [1.29, 1.82) is 0 Å². The summed E-state index contributed by atoms with van der Waals surface area (Å²) in [6, 6.07) is 21.7. The van der Waals surface area contributed by atoms with Gasteiger partial charge >= 0.3 is 0 Å². The summed E-state index contributed by atoms with van der Waals surface area (Å²) in [5, 5.41) is 24.6. The summed E-state index contributed by atoms with van der Waals surface area (Å²) in [5.74, 6) is 1.63. The highest BCUT2D eigenvalue weighted by atomic mass is 16.5. The third-order valence-corrected chi connectivity index (χ3v) is 4.40. The van der Waals surface area contributed by atoms with E-state index in [1.807, 2.05) is 42.5 Å². The standard InChI is InChI=1S/C23H19N3O3/c1-29-21-15-16(11-13-20(21)28)12-14-22-24-23(18-9-5-6-10-19(18)27)26(25-22)17-7-3-2-4-8-17/h2-15,27-28H,1H3. The van der Waals surface area contributed by atoms with E-state index in [0.29, 0.717) is 23.0 Å². The summed E-state index contributed by atoms with van der Waals surface area (Å²) in [6.07, 6.45) is 3.61. The number of ether oxygens (including phenoxy) is 1. The van der Waals surface area contributed by atoms with Gasteiger partial charge in [0.15, 0.2) is 23.1 Å². The fourth-order valence-corrected chi connectivity index (χ4v) is 2.95. The SMILES string of the molecule is COc1cc(C=Cc2nc(-c3ccccc3O)n(-c3ccccc3)n2)ccc1O. The van der Waals surface area contributed by atoms with Crippen molar-refractivity contribution in [3.05, 3.63) is 84.2 Å². The van der Waals surface area contributed by atoms with E-state index in [4.69, 9.17) is 4.74 Å². The van der Waals surface area contributed by atoms with Gasteiger partial charge in [-0.25, -0.2) is 9.67 Å². The Morgan fingerprint density at radius 1 is 0.862 bits per heavy atom. The number of phenols is 2. The van der Waals surface area contributed by atoms with Crippen molar-refractivity contribution in [3.63, 3.8) is 0 Å². The molecule has 0 aliphatic heterocycles. The first-order valence-corrected chi connectivity index (χ1v) is 9.01. The number of aromatic hydroxyl groups is 2. The van der Waals surface area contributed by atoms with E-state index >= 15 is 0 Å². The molecule has 6 heteroatoms.